The average Bonchev–Trinajstić information content (AvgIpc) is 3.01. The standard InChI is InChI=1S/C16H18O2S2/c1-4-18-14(17)6-5-13(15-11(2)7-9-19-15)16-12(3)8-10-20-16/h5,7-10H,4,6H2,1-3H3. The Morgan fingerprint density at radius 2 is 1.70 bits per heavy atom. The lowest BCUT2D eigenvalue weighted by Crippen LogP contribution is -2.02. The highest BCUT2D eigenvalue weighted by Crippen LogP contribution is 2.35. The summed E-state index contributed by atoms with van der Waals surface area (Å²) >= 11 is 3.43. The summed E-state index contributed by atoms with van der Waals surface area (Å²) in [6.45, 7) is 6.47. The van der Waals surface area contributed by atoms with Crippen molar-refractivity contribution in [1.82, 2.24) is 0 Å². The van der Waals surface area contributed by atoms with Crippen LogP contribution >= 0.6 is 22.7 Å². The van der Waals surface area contributed by atoms with Crippen molar-refractivity contribution in [3.63, 3.8) is 0 Å². The van der Waals surface area contributed by atoms with E-state index >= 15 is 0 Å². The molecule has 0 bridgehead atoms. The molecule has 20 heavy (non-hydrogen) atoms. The fourth-order valence-electron chi connectivity index (χ4n) is 1.99. The molecule has 0 saturated heterocycles. The Morgan fingerprint density at radius 1 is 1.15 bits per heavy atom. The van der Waals surface area contributed by atoms with Crippen molar-refractivity contribution in [2.24, 2.45) is 0 Å². The van der Waals surface area contributed by atoms with Crippen molar-refractivity contribution in [2.75, 3.05) is 6.61 Å². The lowest BCUT2D eigenvalue weighted by molar-refractivity contribution is -0.142. The van der Waals surface area contributed by atoms with Gasteiger partial charge >= 0.3 is 5.97 Å². The number of hydrogen-bond acceptors (Lipinski definition) is 4. The van der Waals surface area contributed by atoms with Crippen LogP contribution in [-0.2, 0) is 9.53 Å². The molecule has 2 rings (SSSR count). The number of rotatable bonds is 5. The molecule has 0 aliphatic rings. The molecule has 0 N–H and O–H groups in total. The highest BCUT2D eigenvalue weighted by atomic mass is 32.1. The number of thiophene rings is 2. The summed E-state index contributed by atoms with van der Waals surface area (Å²) in [5, 5.41) is 4.18. The summed E-state index contributed by atoms with van der Waals surface area (Å²) in [6, 6.07) is 4.22. The second-order valence-electron chi connectivity index (χ2n) is 4.49. The third kappa shape index (κ3) is 3.38. The second kappa shape index (κ2) is 6.86. The largest absolute Gasteiger partial charge is 0.466 e. The van der Waals surface area contributed by atoms with E-state index in [1.54, 1.807) is 22.7 Å². The summed E-state index contributed by atoms with van der Waals surface area (Å²) in [5.41, 5.74) is 3.65. The molecule has 0 aliphatic heterocycles. The molecule has 0 aromatic carbocycles. The molecular weight excluding hydrogens is 288 g/mol. The highest BCUT2D eigenvalue weighted by Gasteiger charge is 2.13. The maximum atomic E-state index is 11.6. The Labute approximate surface area is 127 Å². The lowest BCUT2D eigenvalue weighted by atomic mass is 10.1. The van der Waals surface area contributed by atoms with E-state index in [1.807, 2.05) is 13.0 Å². The predicted molar refractivity (Wildman–Crippen MR) is 86.4 cm³/mol. The summed E-state index contributed by atoms with van der Waals surface area (Å²) in [5.74, 6) is -0.173. The number of hydrogen-bond donors (Lipinski definition) is 0. The van der Waals surface area contributed by atoms with Crippen LogP contribution in [0.15, 0.2) is 29.0 Å². The summed E-state index contributed by atoms with van der Waals surface area (Å²) in [4.78, 5) is 14.1. The van der Waals surface area contributed by atoms with Crippen LogP contribution in [0.3, 0.4) is 0 Å². The second-order valence-corrected chi connectivity index (χ2v) is 6.32. The first-order valence-corrected chi connectivity index (χ1v) is 8.34. The van der Waals surface area contributed by atoms with E-state index in [4.69, 9.17) is 4.74 Å². The number of aryl methyl sites for hydroxylation is 2. The summed E-state index contributed by atoms with van der Waals surface area (Å²) < 4.78 is 5.01. The normalized spacial score (nSPS) is 10.3. The van der Waals surface area contributed by atoms with Crippen molar-refractivity contribution >= 4 is 34.2 Å². The van der Waals surface area contributed by atoms with Gasteiger partial charge in [0.25, 0.3) is 0 Å². The van der Waals surface area contributed by atoms with Gasteiger partial charge in [0.2, 0.25) is 0 Å². The van der Waals surface area contributed by atoms with Crippen LogP contribution in [0.1, 0.15) is 34.2 Å². The van der Waals surface area contributed by atoms with Gasteiger partial charge in [0.1, 0.15) is 0 Å². The maximum absolute atomic E-state index is 11.6. The van der Waals surface area contributed by atoms with Gasteiger partial charge in [-0.1, -0.05) is 6.08 Å². The molecule has 0 fully saturated rings. The number of esters is 1. The van der Waals surface area contributed by atoms with Crippen LogP contribution in [0.25, 0.3) is 5.57 Å². The molecule has 2 heterocycles. The van der Waals surface area contributed by atoms with Crippen molar-refractivity contribution in [3.05, 3.63) is 49.9 Å². The smallest absolute Gasteiger partial charge is 0.309 e. The topological polar surface area (TPSA) is 26.3 Å². The Morgan fingerprint density at radius 3 is 2.10 bits per heavy atom. The quantitative estimate of drug-likeness (QED) is 0.741. The Balaban J connectivity index is 2.36. The van der Waals surface area contributed by atoms with E-state index in [1.165, 1.54) is 20.9 Å². The highest BCUT2D eigenvalue weighted by molar-refractivity contribution is 7.14. The van der Waals surface area contributed by atoms with E-state index in [0.717, 1.165) is 5.57 Å². The van der Waals surface area contributed by atoms with E-state index in [9.17, 15) is 4.79 Å². The van der Waals surface area contributed by atoms with Gasteiger partial charge in [-0.05, 0) is 54.8 Å². The zero-order valence-electron chi connectivity index (χ0n) is 11.9. The van der Waals surface area contributed by atoms with E-state index < -0.39 is 0 Å². The van der Waals surface area contributed by atoms with Crippen LogP contribution in [0.5, 0.6) is 0 Å². The van der Waals surface area contributed by atoms with Gasteiger partial charge in [0.05, 0.1) is 13.0 Å². The fraction of sp³-hybridized carbons (Fsp3) is 0.312. The zero-order valence-corrected chi connectivity index (χ0v) is 13.6. The van der Waals surface area contributed by atoms with Gasteiger partial charge in [-0.2, -0.15) is 0 Å². The fourth-order valence-corrected chi connectivity index (χ4v) is 4.00. The van der Waals surface area contributed by atoms with Crippen LogP contribution in [-0.4, -0.2) is 12.6 Å². The summed E-state index contributed by atoms with van der Waals surface area (Å²) in [7, 11) is 0. The Kier molecular flexibility index (Phi) is 5.15. The van der Waals surface area contributed by atoms with Crippen LogP contribution in [0.2, 0.25) is 0 Å². The monoisotopic (exact) mass is 306 g/mol. The summed E-state index contributed by atoms with van der Waals surface area (Å²) in [6.07, 6.45) is 2.31. The number of carbonyl (C=O) groups excluding carboxylic acids is 1. The molecule has 2 aromatic rings. The van der Waals surface area contributed by atoms with E-state index in [-0.39, 0.29) is 5.97 Å². The van der Waals surface area contributed by atoms with Gasteiger partial charge < -0.3 is 4.74 Å². The predicted octanol–water partition coefficient (Wildman–Crippen LogP) is 4.81. The van der Waals surface area contributed by atoms with Gasteiger partial charge in [-0.3, -0.25) is 4.79 Å². The van der Waals surface area contributed by atoms with Crippen LogP contribution in [0.4, 0.5) is 0 Å². The molecule has 0 unspecified atom stereocenters. The lowest BCUT2D eigenvalue weighted by Gasteiger charge is -2.07. The zero-order chi connectivity index (χ0) is 14.5. The molecule has 0 radical (unpaired) electrons. The maximum Gasteiger partial charge on any atom is 0.309 e. The van der Waals surface area contributed by atoms with Crippen molar-refractivity contribution in [2.45, 2.75) is 27.2 Å². The molecule has 0 spiro atoms. The third-order valence-corrected chi connectivity index (χ3v) is 5.09. The molecular formula is C16H18O2S2. The Bertz CT molecular complexity index is 578. The van der Waals surface area contributed by atoms with Crippen LogP contribution in [0, 0.1) is 13.8 Å². The minimum Gasteiger partial charge on any atom is -0.466 e. The van der Waals surface area contributed by atoms with Crippen molar-refractivity contribution in [1.29, 1.82) is 0 Å². The molecule has 0 aliphatic carbocycles. The Hall–Kier alpha value is -1.39. The number of ether oxygens (including phenoxy) is 1. The first-order valence-electron chi connectivity index (χ1n) is 6.58. The van der Waals surface area contributed by atoms with Gasteiger partial charge in [0.15, 0.2) is 0 Å². The van der Waals surface area contributed by atoms with Crippen LogP contribution < -0.4 is 0 Å². The van der Waals surface area contributed by atoms with Gasteiger partial charge in [-0.25, -0.2) is 0 Å². The molecule has 106 valence electrons. The van der Waals surface area contributed by atoms with Gasteiger partial charge in [0, 0.05) is 15.3 Å². The minimum absolute atomic E-state index is 0.173. The van der Waals surface area contributed by atoms with Crippen molar-refractivity contribution < 1.29 is 9.53 Å². The minimum atomic E-state index is -0.173. The van der Waals surface area contributed by atoms with E-state index in [0.29, 0.717) is 13.0 Å². The third-order valence-electron chi connectivity index (χ3n) is 2.99. The van der Waals surface area contributed by atoms with E-state index in [2.05, 4.69) is 36.7 Å². The molecule has 2 aromatic heterocycles. The molecule has 0 atom stereocenters. The molecule has 0 saturated carbocycles. The SMILES string of the molecule is CCOC(=O)CC=C(c1sccc1C)c1sccc1C. The average molecular weight is 306 g/mol. The van der Waals surface area contributed by atoms with Crippen molar-refractivity contribution in [3.8, 4) is 0 Å². The molecule has 2 nitrogen and oxygen atoms in total. The molecule has 4 heteroatoms. The first-order chi connectivity index (χ1) is 9.63. The van der Waals surface area contributed by atoms with Gasteiger partial charge in [-0.15, -0.1) is 22.7 Å². The molecule has 0 amide bonds. The first kappa shape index (κ1) is 15.0. The number of carbonyl (C=O) groups is 1.